The Morgan fingerprint density at radius 3 is 1.74 bits per heavy atom. The van der Waals surface area contributed by atoms with Crippen molar-refractivity contribution in [3.63, 3.8) is 0 Å². The minimum absolute atomic E-state index is 0.806. The van der Waals surface area contributed by atoms with E-state index in [0.717, 1.165) is 0 Å². The van der Waals surface area contributed by atoms with Crippen molar-refractivity contribution < 1.29 is 84.7 Å². The van der Waals surface area contributed by atoms with E-state index in [4.69, 9.17) is 28.8 Å². The van der Waals surface area contributed by atoms with E-state index in [-0.39, 0.29) is 0 Å². The summed E-state index contributed by atoms with van der Waals surface area (Å²) in [4.78, 5) is 11.3. The normalized spacial score (nSPS) is 51.2. The monoisotopic (exact) mass is 518 g/mol. The van der Waals surface area contributed by atoms with Gasteiger partial charge in [-0.3, -0.25) is 0 Å². The predicted octanol–water partition coefficient (Wildman–Crippen LogP) is -7.48. The van der Waals surface area contributed by atoms with Gasteiger partial charge in [-0.2, -0.15) is 0 Å². The van der Waals surface area contributed by atoms with Gasteiger partial charge in [-0.05, 0) is 0 Å². The number of carboxylic acid groups (broad SMARTS) is 1. The van der Waals surface area contributed by atoms with Crippen LogP contribution in [0, 0.1) is 0 Å². The maximum atomic E-state index is 11.3. The second-order valence-electron chi connectivity index (χ2n) is 8.37. The van der Waals surface area contributed by atoms with Crippen molar-refractivity contribution in [2.24, 2.45) is 0 Å². The molecule has 0 radical (unpaired) electrons. The van der Waals surface area contributed by atoms with Crippen molar-refractivity contribution >= 4 is 5.97 Å². The van der Waals surface area contributed by atoms with Crippen LogP contribution in [0.5, 0.6) is 0 Å². The zero-order valence-electron chi connectivity index (χ0n) is 17.9. The first-order valence-electron chi connectivity index (χ1n) is 10.6. The molecule has 17 heteroatoms. The number of aliphatic hydroxyl groups excluding tert-OH is 10. The minimum atomic E-state index is -2.04. The van der Waals surface area contributed by atoms with Crippen LogP contribution in [-0.2, 0) is 28.5 Å². The van der Waals surface area contributed by atoms with Gasteiger partial charge in [-0.15, -0.1) is 0 Å². The van der Waals surface area contributed by atoms with Crippen molar-refractivity contribution in [1.82, 2.24) is 0 Å². The summed E-state index contributed by atoms with van der Waals surface area (Å²) in [6.07, 6.45) is -27.7. The van der Waals surface area contributed by atoms with E-state index in [0.29, 0.717) is 0 Å². The maximum Gasteiger partial charge on any atom is 0.335 e. The lowest BCUT2D eigenvalue weighted by atomic mass is 9.96. The number of aliphatic carboxylic acids is 1. The maximum absolute atomic E-state index is 11.3. The predicted molar refractivity (Wildman–Crippen MR) is 102 cm³/mol. The molecule has 204 valence electrons. The van der Waals surface area contributed by atoms with E-state index in [2.05, 4.69) is 0 Å². The summed E-state index contributed by atoms with van der Waals surface area (Å²) in [5, 5.41) is 109. The number of rotatable bonds is 7. The Hall–Kier alpha value is -1.13. The quantitative estimate of drug-likeness (QED) is 0.149. The highest BCUT2D eigenvalue weighted by molar-refractivity contribution is 5.73. The molecule has 15 atom stereocenters. The molecule has 0 spiro atoms. The molecule has 0 saturated carbocycles. The van der Waals surface area contributed by atoms with Gasteiger partial charge in [0.15, 0.2) is 25.0 Å². The molecular formula is C18H30O17. The van der Waals surface area contributed by atoms with Crippen LogP contribution in [0.25, 0.3) is 0 Å². The number of carbonyl (C=O) groups is 1. The lowest BCUT2D eigenvalue weighted by molar-refractivity contribution is -0.377. The first kappa shape index (κ1) is 28.4. The first-order valence-corrected chi connectivity index (χ1v) is 10.6. The zero-order valence-corrected chi connectivity index (χ0v) is 17.9. The summed E-state index contributed by atoms with van der Waals surface area (Å²) in [6, 6.07) is 0. The zero-order chi connectivity index (χ0) is 26.2. The number of aliphatic hydroxyl groups is 10. The molecule has 3 rings (SSSR count). The van der Waals surface area contributed by atoms with E-state index >= 15 is 0 Å². The van der Waals surface area contributed by atoms with E-state index in [9.17, 15) is 55.9 Å². The average molecular weight is 518 g/mol. The van der Waals surface area contributed by atoms with Gasteiger partial charge in [0.05, 0.1) is 13.2 Å². The lowest BCUT2D eigenvalue weighted by Crippen LogP contribution is -2.67. The van der Waals surface area contributed by atoms with Gasteiger partial charge < -0.3 is 79.9 Å². The molecule has 3 aliphatic heterocycles. The van der Waals surface area contributed by atoms with Gasteiger partial charge >= 0.3 is 5.97 Å². The van der Waals surface area contributed by atoms with Crippen LogP contribution in [0.3, 0.4) is 0 Å². The van der Waals surface area contributed by atoms with E-state index < -0.39 is 111 Å². The summed E-state index contributed by atoms with van der Waals surface area (Å²) < 4.78 is 26.0. The van der Waals surface area contributed by atoms with E-state index in [1.807, 2.05) is 0 Å². The van der Waals surface area contributed by atoms with Crippen molar-refractivity contribution in [2.75, 3.05) is 13.2 Å². The molecule has 11 N–H and O–H groups in total. The fourth-order valence-corrected chi connectivity index (χ4v) is 4.04. The summed E-state index contributed by atoms with van der Waals surface area (Å²) in [6.45, 7) is -1.67. The Morgan fingerprint density at radius 1 is 0.600 bits per heavy atom. The van der Waals surface area contributed by atoms with Crippen LogP contribution in [0.2, 0.25) is 0 Å². The van der Waals surface area contributed by atoms with Crippen LogP contribution < -0.4 is 0 Å². The molecule has 35 heavy (non-hydrogen) atoms. The molecule has 0 amide bonds. The van der Waals surface area contributed by atoms with Gasteiger partial charge in [0.2, 0.25) is 0 Å². The fraction of sp³-hybridized carbons (Fsp3) is 0.944. The third kappa shape index (κ3) is 5.59. The molecule has 3 aliphatic rings. The first-order chi connectivity index (χ1) is 16.4. The number of hydrogen-bond acceptors (Lipinski definition) is 16. The molecule has 17 nitrogen and oxygen atoms in total. The highest BCUT2D eigenvalue weighted by Crippen LogP contribution is 2.32. The molecule has 0 aromatic rings. The van der Waals surface area contributed by atoms with Crippen molar-refractivity contribution in [1.29, 1.82) is 0 Å². The van der Waals surface area contributed by atoms with Crippen molar-refractivity contribution in [2.45, 2.75) is 92.1 Å². The average Bonchev–Trinajstić information content (AvgIpc) is 2.82. The summed E-state index contributed by atoms with van der Waals surface area (Å²) in [5.74, 6) is -1.71. The van der Waals surface area contributed by atoms with Gasteiger partial charge in [0.1, 0.15) is 67.1 Å². The Morgan fingerprint density at radius 2 is 1.17 bits per heavy atom. The van der Waals surface area contributed by atoms with Gasteiger partial charge in [0, 0.05) is 0 Å². The second-order valence-corrected chi connectivity index (χ2v) is 8.37. The lowest BCUT2D eigenvalue weighted by Gasteiger charge is -2.47. The molecule has 3 fully saturated rings. The number of carboxylic acids is 1. The Balaban J connectivity index is 1.80. The van der Waals surface area contributed by atoms with Gasteiger partial charge in [-0.25, -0.2) is 4.79 Å². The fourth-order valence-electron chi connectivity index (χ4n) is 4.04. The highest BCUT2D eigenvalue weighted by atomic mass is 16.7. The Labute approximate surface area is 196 Å². The van der Waals surface area contributed by atoms with Gasteiger partial charge in [0.25, 0.3) is 0 Å². The van der Waals surface area contributed by atoms with Crippen LogP contribution in [0.1, 0.15) is 0 Å². The summed E-state index contributed by atoms with van der Waals surface area (Å²) in [7, 11) is 0. The molecule has 0 aromatic carbocycles. The molecule has 0 aliphatic carbocycles. The molecule has 3 saturated heterocycles. The van der Waals surface area contributed by atoms with Crippen molar-refractivity contribution in [3.8, 4) is 0 Å². The van der Waals surface area contributed by atoms with Gasteiger partial charge in [-0.1, -0.05) is 0 Å². The topological polar surface area (TPSA) is 286 Å². The molecule has 0 bridgehead atoms. The summed E-state index contributed by atoms with van der Waals surface area (Å²) >= 11 is 0. The van der Waals surface area contributed by atoms with Crippen LogP contribution in [0.15, 0.2) is 0 Å². The summed E-state index contributed by atoms with van der Waals surface area (Å²) in [5.41, 5.74) is 0. The number of ether oxygens (including phenoxy) is 5. The largest absolute Gasteiger partial charge is 0.479 e. The SMILES string of the molecule is O=C(O)[C@H]1O[C@@H](O[C@H]2[C@@H](O)[C@@H](CO)O[C@@H](O[C@H]3[C@H](O)[C@@H](O)[C@H](O)O[C@@H]3CO)[C@@H]2O)[C@H](O)[C@@H](O)[C@@H]1O. The van der Waals surface area contributed by atoms with Crippen LogP contribution in [-0.4, -0.2) is 167 Å². The Bertz CT molecular complexity index is 709. The number of hydrogen-bond donors (Lipinski definition) is 11. The standard InChI is InChI=1S/C18H30O17/c19-1-3-5(21)13(34-17-10(26)6(22)7(23)14(35-17)15(28)29)11(27)18(32-3)33-12-4(2-20)31-16(30)9(25)8(12)24/h3-14,16-27,30H,1-2H2,(H,28,29)/t3-,4-,5+,6+,7+,8-,9-,10-,11-,12-,13+,14+,16-,17-,18+/m1/s1. The molecular weight excluding hydrogens is 488 g/mol. The molecule has 0 aromatic heterocycles. The minimum Gasteiger partial charge on any atom is -0.479 e. The smallest absolute Gasteiger partial charge is 0.335 e. The van der Waals surface area contributed by atoms with Crippen molar-refractivity contribution in [3.05, 3.63) is 0 Å². The highest BCUT2D eigenvalue weighted by Gasteiger charge is 2.54. The third-order valence-corrected chi connectivity index (χ3v) is 6.06. The van der Waals surface area contributed by atoms with Crippen LogP contribution in [0.4, 0.5) is 0 Å². The third-order valence-electron chi connectivity index (χ3n) is 6.06. The van der Waals surface area contributed by atoms with E-state index in [1.165, 1.54) is 0 Å². The molecule has 0 unspecified atom stereocenters. The second kappa shape index (κ2) is 11.5. The molecule has 3 heterocycles. The van der Waals surface area contributed by atoms with E-state index in [1.54, 1.807) is 0 Å². The van der Waals surface area contributed by atoms with Crippen LogP contribution >= 0.6 is 0 Å². The Kier molecular flexibility index (Phi) is 9.35.